The Morgan fingerprint density at radius 1 is 0.588 bits per heavy atom. The minimum Gasteiger partial charge on any atom is -0.508 e. The van der Waals surface area contributed by atoms with Crippen LogP contribution in [-0.2, 0) is 0 Å². The summed E-state index contributed by atoms with van der Waals surface area (Å²) in [5.41, 5.74) is 1.03. The average Bonchev–Trinajstić information content (AvgIpc) is 2.84. The fourth-order valence-electron chi connectivity index (χ4n) is 4.47. The van der Waals surface area contributed by atoms with Crippen molar-refractivity contribution in [3.63, 3.8) is 0 Å². The van der Waals surface area contributed by atoms with Gasteiger partial charge in [-0.25, -0.2) is 0 Å². The zero-order valence-corrected chi connectivity index (χ0v) is 20.9. The quantitative estimate of drug-likeness (QED) is 0.138. The van der Waals surface area contributed by atoms with Crippen molar-refractivity contribution in [2.24, 2.45) is 0 Å². The number of aliphatic hydroxyl groups is 2. The molecule has 4 N–H and O–H groups in total. The number of para-hydroxylation sites is 1. The molecule has 34 heavy (non-hydrogen) atoms. The molecule has 0 unspecified atom stereocenters. The Hall–Kier alpha value is -2.62. The lowest BCUT2D eigenvalue weighted by molar-refractivity contribution is 0.355. The van der Waals surface area contributed by atoms with Crippen molar-refractivity contribution in [3.05, 3.63) is 53.8 Å². The number of benzene rings is 2. The van der Waals surface area contributed by atoms with Crippen LogP contribution in [0.3, 0.4) is 0 Å². The molecule has 4 nitrogen and oxygen atoms in total. The summed E-state index contributed by atoms with van der Waals surface area (Å²) >= 11 is 0. The smallest absolute Gasteiger partial charge is 0.161 e. The molecule has 0 amide bonds. The molecule has 2 rings (SSSR count). The third-order valence-corrected chi connectivity index (χ3v) is 6.51. The van der Waals surface area contributed by atoms with Crippen LogP contribution in [0.1, 0.15) is 109 Å². The minimum atomic E-state index is -0.246. The van der Waals surface area contributed by atoms with Crippen LogP contribution in [0.15, 0.2) is 48.2 Å². The summed E-state index contributed by atoms with van der Waals surface area (Å²) in [6, 6.07) is 11.4. The highest BCUT2D eigenvalue weighted by atomic mass is 16.3. The Bertz CT molecular complexity index is 872. The first kappa shape index (κ1) is 27.6. The molecule has 0 saturated heterocycles. The lowest BCUT2D eigenvalue weighted by atomic mass is 9.95. The zero-order valence-electron chi connectivity index (χ0n) is 20.9. The van der Waals surface area contributed by atoms with E-state index in [-0.39, 0.29) is 23.0 Å². The molecule has 2 aromatic carbocycles. The van der Waals surface area contributed by atoms with E-state index >= 15 is 0 Å². The summed E-state index contributed by atoms with van der Waals surface area (Å²) in [6.07, 6.45) is 18.1. The second-order valence-corrected chi connectivity index (χ2v) is 9.36. The van der Waals surface area contributed by atoms with Crippen molar-refractivity contribution in [1.29, 1.82) is 0 Å². The van der Waals surface area contributed by atoms with Crippen molar-refractivity contribution >= 4 is 5.76 Å². The van der Waals surface area contributed by atoms with Crippen LogP contribution >= 0.6 is 0 Å². The normalized spacial score (nSPS) is 12.0. The molecule has 0 aromatic heterocycles. The van der Waals surface area contributed by atoms with Gasteiger partial charge < -0.3 is 20.4 Å². The van der Waals surface area contributed by atoms with Gasteiger partial charge in [-0.3, -0.25) is 0 Å². The summed E-state index contributed by atoms with van der Waals surface area (Å²) in [5, 5.41) is 41.8. The summed E-state index contributed by atoms with van der Waals surface area (Å²) < 4.78 is 0. The van der Waals surface area contributed by atoms with Gasteiger partial charge in [0.2, 0.25) is 0 Å². The highest BCUT2D eigenvalue weighted by molar-refractivity contribution is 5.85. The molecular weight excluding hydrogens is 424 g/mol. The molecule has 0 spiro atoms. The number of rotatable bonds is 17. The monoisotopic (exact) mass is 468 g/mol. The average molecular weight is 469 g/mol. The van der Waals surface area contributed by atoms with E-state index in [9.17, 15) is 20.4 Å². The molecule has 0 heterocycles. The third-order valence-electron chi connectivity index (χ3n) is 6.51. The van der Waals surface area contributed by atoms with Crippen LogP contribution in [0.5, 0.6) is 11.5 Å². The first-order valence-corrected chi connectivity index (χ1v) is 13.3. The van der Waals surface area contributed by atoms with Crippen LogP contribution in [0.25, 0.3) is 16.9 Å². The molecule has 0 bridgehead atoms. The van der Waals surface area contributed by atoms with E-state index in [1.54, 1.807) is 30.3 Å². The van der Waals surface area contributed by atoms with Crippen LogP contribution in [0.4, 0.5) is 0 Å². The molecule has 0 radical (unpaired) electrons. The largest absolute Gasteiger partial charge is 0.508 e. The van der Waals surface area contributed by atoms with Crippen LogP contribution in [-0.4, -0.2) is 20.4 Å². The van der Waals surface area contributed by atoms with Gasteiger partial charge in [-0.05, 0) is 18.6 Å². The Morgan fingerprint density at radius 2 is 1.09 bits per heavy atom. The van der Waals surface area contributed by atoms with Gasteiger partial charge in [0.25, 0.3) is 0 Å². The number of hydrogen-bond donors (Lipinski definition) is 4. The minimum absolute atomic E-state index is 0.00418. The molecule has 2 aromatic rings. The molecule has 4 heteroatoms. The standard InChI is InChI=1S/C30H44O4/c1-2-3-4-5-6-7-8-9-10-11-12-13-14-15-22-28(33)30(34)25-20-18-23-27(32)29(25)24-19-16-17-21-26(24)31/h16-21,23,31-34H,2-15,22H2,1H3. The molecule has 0 fully saturated rings. The predicted molar refractivity (Wildman–Crippen MR) is 142 cm³/mol. The van der Waals surface area contributed by atoms with Crippen molar-refractivity contribution in [3.8, 4) is 22.6 Å². The Morgan fingerprint density at radius 3 is 1.65 bits per heavy atom. The zero-order chi connectivity index (χ0) is 24.6. The highest BCUT2D eigenvalue weighted by Gasteiger charge is 2.18. The Kier molecular flexibility index (Phi) is 13.1. The van der Waals surface area contributed by atoms with E-state index in [0.29, 0.717) is 23.1 Å². The van der Waals surface area contributed by atoms with Crippen LogP contribution in [0.2, 0.25) is 0 Å². The Labute approximate surface area is 206 Å². The van der Waals surface area contributed by atoms with Gasteiger partial charge in [-0.1, -0.05) is 121 Å². The number of hydrogen-bond acceptors (Lipinski definition) is 4. The van der Waals surface area contributed by atoms with E-state index in [2.05, 4.69) is 6.92 Å². The maximum Gasteiger partial charge on any atom is 0.161 e. The van der Waals surface area contributed by atoms with Crippen molar-refractivity contribution in [1.82, 2.24) is 0 Å². The molecule has 0 aliphatic carbocycles. The third kappa shape index (κ3) is 9.32. The fraction of sp³-hybridized carbons (Fsp3) is 0.533. The molecule has 188 valence electrons. The van der Waals surface area contributed by atoms with Gasteiger partial charge >= 0.3 is 0 Å². The second kappa shape index (κ2) is 16.1. The fourth-order valence-corrected chi connectivity index (χ4v) is 4.47. The van der Waals surface area contributed by atoms with Gasteiger partial charge in [0.15, 0.2) is 5.76 Å². The molecule has 0 atom stereocenters. The maximum atomic E-state index is 10.7. The van der Waals surface area contributed by atoms with Crippen molar-refractivity contribution in [2.75, 3.05) is 0 Å². The van der Waals surface area contributed by atoms with Gasteiger partial charge in [0, 0.05) is 23.1 Å². The van der Waals surface area contributed by atoms with E-state index in [1.165, 1.54) is 82.8 Å². The predicted octanol–water partition coefficient (Wildman–Crippen LogP) is 9.42. The summed E-state index contributed by atoms with van der Waals surface area (Å²) in [4.78, 5) is 0. The van der Waals surface area contributed by atoms with Gasteiger partial charge in [-0.15, -0.1) is 0 Å². The van der Waals surface area contributed by atoms with Crippen molar-refractivity contribution < 1.29 is 20.4 Å². The lowest BCUT2D eigenvalue weighted by Crippen LogP contribution is -1.95. The number of phenols is 2. The SMILES string of the molecule is CCCCCCCCCCCCCCCCC(O)=C(O)c1cccc(O)c1-c1ccccc1O. The number of aliphatic hydroxyl groups excluding tert-OH is 2. The topological polar surface area (TPSA) is 80.9 Å². The van der Waals surface area contributed by atoms with Crippen LogP contribution in [0, 0.1) is 0 Å². The van der Waals surface area contributed by atoms with E-state index < -0.39 is 0 Å². The lowest BCUT2D eigenvalue weighted by Gasteiger charge is -2.14. The molecule has 0 aliphatic rings. The number of unbranched alkanes of at least 4 members (excludes halogenated alkanes) is 13. The number of aromatic hydroxyl groups is 2. The summed E-state index contributed by atoms with van der Waals surface area (Å²) in [6.45, 7) is 2.26. The molecular formula is C30H44O4. The van der Waals surface area contributed by atoms with E-state index in [0.717, 1.165) is 19.3 Å². The van der Waals surface area contributed by atoms with Crippen LogP contribution < -0.4 is 0 Å². The molecule has 0 saturated carbocycles. The molecule has 0 aliphatic heterocycles. The van der Waals surface area contributed by atoms with E-state index in [1.807, 2.05) is 0 Å². The maximum absolute atomic E-state index is 10.7. The van der Waals surface area contributed by atoms with Gasteiger partial charge in [0.1, 0.15) is 17.3 Å². The Balaban J connectivity index is 1.71. The first-order chi connectivity index (χ1) is 16.6. The highest BCUT2D eigenvalue weighted by Crippen LogP contribution is 2.40. The second-order valence-electron chi connectivity index (χ2n) is 9.36. The van der Waals surface area contributed by atoms with Gasteiger partial charge in [-0.2, -0.15) is 0 Å². The first-order valence-electron chi connectivity index (χ1n) is 13.3. The van der Waals surface area contributed by atoms with E-state index in [4.69, 9.17) is 0 Å². The van der Waals surface area contributed by atoms with Crippen molar-refractivity contribution in [2.45, 2.75) is 103 Å². The summed E-state index contributed by atoms with van der Waals surface area (Å²) in [5.74, 6) is -0.385. The number of allylic oxidation sites excluding steroid dienone is 1. The summed E-state index contributed by atoms with van der Waals surface area (Å²) in [7, 11) is 0. The number of phenolic OH excluding ortho intramolecular Hbond substituents is 2. The van der Waals surface area contributed by atoms with Gasteiger partial charge in [0.05, 0.1) is 0 Å².